The monoisotopic (exact) mass is 344 g/mol. The molecule has 130 valence electrons. The number of pyridine rings is 1. The van der Waals surface area contributed by atoms with Crippen LogP contribution >= 0.6 is 11.3 Å². The zero-order valence-corrected chi connectivity index (χ0v) is 15.9. The van der Waals surface area contributed by atoms with Gasteiger partial charge in [0.2, 0.25) is 0 Å². The molecule has 3 heterocycles. The summed E-state index contributed by atoms with van der Waals surface area (Å²) >= 11 is 1.78. The van der Waals surface area contributed by atoms with Gasteiger partial charge in [0.15, 0.2) is 0 Å². The molecule has 1 saturated heterocycles. The molecule has 0 spiro atoms. The van der Waals surface area contributed by atoms with E-state index in [0.717, 1.165) is 31.7 Å². The normalized spacial score (nSPS) is 17.9. The SMILES string of the molecule is C[C@@H](NC1CCN(c2ccccn2)CC1)c1nc(C(C)(C)C)cs1. The van der Waals surface area contributed by atoms with E-state index in [2.05, 4.69) is 60.4 Å². The summed E-state index contributed by atoms with van der Waals surface area (Å²) in [6.07, 6.45) is 4.17. The van der Waals surface area contributed by atoms with Gasteiger partial charge < -0.3 is 10.2 Å². The molecule has 5 heteroatoms. The van der Waals surface area contributed by atoms with Crippen LogP contribution in [0.4, 0.5) is 5.82 Å². The van der Waals surface area contributed by atoms with Crippen molar-refractivity contribution in [2.24, 2.45) is 0 Å². The number of hydrogen-bond acceptors (Lipinski definition) is 5. The maximum absolute atomic E-state index is 4.85. The third-order valence-corrected chi connectivity index (χ3v) is 5.64. The van der Waals surface area contributed by atoms with Crippen molar-refractivity contribution in [2.75, 3.05) is 18.0 Å². The molecule has 1 aliphatic rings. The van der Waals surface area contributed by atoms with E-state index in [1.54, 1.807) is 11.3 Å². The van der Waals surface area contributed by atoms with Crippen LogP contribution in [0.5, 0.6) is 0 Å². The molecule has 0 bridgehead atoms. The highest BCUT2D eigenvalue weighted by molar-refractivity contribution is 7.09. The molecular formula is C19H28N4S. The van der Waals surface area contributed by atoms with Gasteiger partial charge in [0.05, 0.1) is 11.7 Å². The molecule has 2 aromatic heterocycles. The first-order chi connectivity index (χ1) is 11.4. The van der Waals surface area contributed by atoms with Crippen LogP contribution in [0, 0.1) is 0 Å². The van der Waals surface area contributed by atoms with E-state index in [4.69, 9.17) is 4.98 Å². The van der Waals surface area contributed by atoms with Gasteiger partial charge in [-0.1, -0.05) is 26.8 Å². The van der Waals surface area contributed by atoms with Gasteiger partial charge in [-0.3, -0.25) is 0 Å². The summed E-state index contributed by atoms with van der Waals surface area (Å²) < 4.78 is 0. The zero-order valence-electron chi connectivity index (χ0n) is 15.1. The number of nitrogens with zero attached hydrogens (tertiary/aromatic N) is 3. The van der Waals surface area contributed by atoms with Gasteiger partial charge >= 0.3 is 0 Å². The highest BCUT2D eigenvalue weighted by atomic mass is 32.1. The Morgan fingerprint density at radius 2 is 2.00 bits per heavy atom. The Bertz CT molecular complexity index is 639. The first kappa shape index (κ1) is 17.4. The second kappa shape index (κ2) is 7.19. The minimum atomic E-state index is 0.127. The van der Waals surface area contributed by atoms with E-state index in [1.165, 1.54) is 10.7 Å². The molecule has 1 N–H and O–H groups in total. The molecule has 0 unspecified atom stereocenters. The van der Waals surface area contributed by atoms with Crippen LogP contribution in [-0.2, 0) is 5.41 Å². The molecule has 0 saturated carbocycles. The van der Waals surface area contributed by atoms with Crippen molar-refractivity contribution < 1.29 is 0 Å². The average Bonchev–Trinajstić information content (AvgIpc) is 3.07. The molecule has 1 atom stereocenters. The quantitative estimate of drug-likeness (QED) is 0.904. The van der Waals surface area contributed by atoms with Crippen molar-refractivity contribution in [3.63, 3.8) is 0 Å². The largest absolute Gasteiger partial charge is 0.357 e. The Balaban J connectivity index is 1.53. The van der Waals surface area contributed by atoms with Crippen LogP contribution in [0.1, 0.15) is 57.3 Å². The van der Waals surface area contributed by atoms with E-state index < -0.39 is 0 Å². The molecule has 24 heavy (non-hydrogen) atoms. The summed E-state index contributed by atoms with van der Waals surface area (Å²) in [5, 5.41) is 7.18. The van der Waals surface area contributed by atoms with Crippen molar-refractivity contribution >= 4 is 17.2 Å². The molecule has 0 aromatic carbocycles. The topological polar surface area (TPSA) is 41.0 Å². The molecule has 3 rings (SSSR count). The van der Waals surface area contributed by atoms with Gasteiger partial charge in [0, 0.05) is 36.1 Å². The zero-order chi connectivity index (χ0) is 17.2. The number of thiazole rings is 1. The lowest BCUT2D eigenvalue weighted by atomic mass is 9.93. The maximum atomic E-state index is 4.85. The summed E-state index contributed by atoms with van der Waals surface area (Å²) in [7, 11) is 0. The Kier molecular flexibility index (Phi) is 5.21. The van der Waals surface area contributed by atoms with E-state index in [1.807, 2.05) is 12.3 Å². The first-order valence-corrected chi connectivity index (χ1v) is 9.69. The lowest BCUT2D eigenvalue weighted by Crippen LogP contribution is -2.43. The summed E-state index contributed by atoms with van der Waals surface area (Å²) in [5.74, 6) is 1.10. The number of hydrogen-bond donors (Lipinski definition) is 1. The van der Waals surface area contributed by atoms with Gasteiger partial charge in [0.25, 0.3) is 0 Å². The first-order valence-electron chi connectivity index (χ1n) is 8.81. The van der Waals surface area contributed by atoms with Crippen LogP contribution in [0.3, 0.4) is 0 Å². The van der Waals surface area contributed by atoms with Crippen LogP contribution < -0.4 is 10.2 Å². The number of anilines is 1. The van der Waals surface area contributed by atoms with Crippen molar-refractivity contribution in [2.45, 2.75) is 58.0 Å². The minimum absolute atomic E-state index is 0.127. The summed E-state index contributed by atoms with van der Waals surface area (Å²) in [4.78, 5) is 11.7. The van der Waals surface area contributed by atoms with E-state index in [9.17, 15) is 0 Å². The fraction of sp³-hybridized carbons (Fsp3) is 0.579. The molecule has 1 aliphatic heterocycles. The number of aromatic nitrogens is 2. The lowest BCUT2D eigenvalue weighted by molar-refractivity contribution is 0.379. The highest BCUT2D eigenvalue weighted by Gasteiger charge is 2.24. The highest BCUT2D eigenvalue weighted by Crippen LogP contribution is 2.27. The third-order valence-electron chi connectivity index (χ3n) is 4.61. The Labute approximate surface area is 149 Å². The van der Waals surface area contributed by atoms with E-state index in [0.29, 0.717) is 12.1 Å². The molecule has 0 aliphatic carbocycles. The van der Waals surface area contributed by atoms with Gasteiger partial charge in [-0.15, -0.1) is 11.3 Å². The molecule has 4 nitrogen and oxygen atoms in total. The third kappa shape index (κ3) is 4.14. The average molecular weight is 345 g/mol. The molecule has 2 aromatic rings. The van der Waals surface area contributed by atoms with Crippen molar-refractivity contribution in [3.05, 3.63) is 40.5 Å². The number of nitrogens with one attached hydrogen (secondary N) is 1. The van der Waals surface area contributed by atoms with Gasteiger partial charge in [-0.05, 0) is 31.9 Å². The minimum Gasteiger partial charge on any atom is -0.357 e. The second-order valence-corrected chi connectivity index (χ2v) is 8.55. The number of piperidine rings is 1. The fourth-order valence-electron chi connectivity index (χ4n) is 3.07. The van der Waals surface area contributed by atoms with Crippen molar-refractivity contribution in [1.29, 1.82) is 0 Å². The van der Waals surface area contributed by atoms with Gasteiger partial charge in [0.1, 0.15) is 10.8 Å². The molecule has 0 radical (unpaired) electrons. The maximum Gasteiger partial charge on any atom is 0.128 e. The standard InChI is InChI=1S/C19H28N4S/c1-14(18-22-16(13-24-18)19(2,3)4)21-15-8-11-23(12-9-15)17-7-5-6-10-20-17/h5-7,10,13-15,21H,8-9,11-12H2,1-4H3/t14-/m1/s1. The van der Waals surface area contributed by atoms with Crippen molar-refractivity contribution in [3.8, 4) is 0 Å². The molecule has 0 amide bonds. The van der Waals surface area contributed by atoms with Crippen LogP contribution in [0.2, 0.25) is 0 Å². The second-order valence-electron chi connectivity index (χ2n) is 7.66. The fourth-order valence-corrected chi connectivity index (χ4v) is 4.13. The van der Waals surface area contributed by atoms with Crippen molar-refractivity contribution in [1.82, 2.24) is 15.3 Å². The summed E-state index contributed by atoms with van der Waals surface area (Å²) in [6.45, 7) is 11.0. The van der Waals surface area contributed by atoms with Gasteiger partial charge in [-0.25, -0.2) is 9.97 Å². The van der Waals surface area contributed by atoms with Crippen LogP contribution in [0.25, 0.3) is 0 Å². The smallest absolute Gasteiger partial charge is 0.128 e. The Hall–Kier alpha value is -1.46. The summed E-state index contributed by atoms with van der Waals surface area (Å²) in [5.41, 5.74) is 1.32. The predicted octanol–water partition coefficient (Wildman–Crippen LogP) is 4.16. The Morgan fingerprint density at radius 1 is 1.25 bits per heavy atom. The van der Waals surface area contributed by atoms with E-state index >= 15 is 0 Å². The Morgan fingerprint density at radius 3 is 2.58 bits per heavy atom. The predicted molar refractivity (Wildman–Crippen MR) is 102 cm³/mol. The molecule has 1 fully saturated rings. The van der Waals surface area contributed by atoms with Gasteiger partial charge in [-0.2, -0.15) is 0 Å². The van der Waals surface area contributed by atoms with E-state index in [-0.39, 0.29) is 5.41 Å². The van der Waals surface area contributed by atoms with Crippen LogP contribution in [-0.4, -0.2) is 29.1 Å². The molecular weight excluding hydrogens is 316 g/mol. The van der Waals surface area contributed by atoms with Crippen LogP contribution in [0.15, 0.2) is 29.8 Å². The lowest BCUT2D eigenvalue weighted by Gasteiger charge is -2.34. The summed E-state index contributed by atoms with van der Waals surface area (Å²) in [6, 6.07) is 7.00. The number of rotatable bonds is 4.